The van der Waals surface area contributed by atoms with E-state index in [1.54, 1.807) is 49.1 Å². The Kier molecular flexibility index (Phi) is 7.89. The molecule has 2 aliphatic rings. The zero-order valence-electron chi connectivity index (χ0n) is 24.3. The minimum Gasteiger partial charge on any atom is -0.366 e. The first-order valence-corrected chi connectivity index (χ1v) is 14.2. The van der Waals surface area contributed by atoms with E-state index in [9.17, 15) is 22.8 Å². The number of pyridine rings is 2. The van der Waals surface area contributed by atoms with E-state index < -0.39 is 35.9 Å². The average molecular weight is 617 g/mol. The quantitative estimate of drug-likeness (QED) is 0.379. The Labute approximate surface area is 251 Å². The lowest BCUT2D eigenvalue weighted by atomic mass is 9.86. The van der Waals surface area contributed by atoms with E-state index in [2.05, 4.69) is 15.1 Å². The van der Waals surface area contributed by atoms with Crippen LogP contribution in [0, 0.1) is 5.92 Å². The summed E-state index contributed by atoms with van der Waals surface area (Å²) in [5.41, 5.74) is 6.55. The highest BCUT2D eigenvalue weighted by atomic mass is 35.5. The molecule has 0 bridgehead atoms. The van der Waals surface area contributed by atoms with Crippen LogP contribution in [0.1, 0.15) is 68.0 Å². The molecule has 0 aromatic carbocycles. The van der Waals surface area contributed by atoms with Crippen molar-refractivity contribution in [1.29, 1.82) is 0 Å². The van der Waals surface area contributed by atoms with Crippen molar-refractivity contribution in [1.82, 2.24) is 24.6 Å². The number of primary amides is 1. The Balaban J connectivity index is 1.66. The molecule has 1 aliphatic heterocycles. The first-order valence-electron chi connectivity index (χ1n) is 13.8. The van der Waals surface area contributed by atoms with E-state index in [4.69, 9.17) is 22.1 Å². The first-order chi connectivity index (χ1) is 20.1. The van der Waals surface area contributed by atoms with Gasteiger partial charge in [-0.15, -0.1) is 0 Å². The van der Waals surface area contributed by atoms with Crippen LogP contribution in [0.5, 0.6) is 0 Å². The molecule has 9 nitrogen and oxygen atoms in total. The van der Waals surface area contributed by atoms with Gasteiger partial charge in [-0.05, 0) is 56.9 Å². The van der Waals surface area contributed by atoms with Gasteiger partial charge >= 0.3 is 6.18 Å². The van der Waals surface area contributed by atoms with E-state index in [1.807, 2.05) is 13.8 Å². The maximum Gasteiger partial charge on any atom is 0.410 e. The van der Waals surface area contributed by atoms with Crippen LogP contribution in [0.25, 0.3) is 16.6 Å². The number of nitrogens with zero attached hydrogens (tertiary/aromatic N) is 5. The third kappa shape index (κ3) is 5.77. The number of fused-ring (bicyclic) bond motifs is 2. The normalized spacial score (nSPS) is 20.8. The third-order valence-corrected chi connectivity index (χ3v) is 7.86. The summed E-state index contributed by atoms with van der Waals surface area (Å²) in [4.78, 5) is 36.9. The van der Waals surface area contributed by atoms with E-state index in [1.165, 1.54) is 12.4 Å². The molecule has 1 aliphatic carbocycles. The number of alkyl halides is 3. The number of carbonyl (C=O) groups excluding carboxylic acids is 2. The van der Waals surface area contributed by atoms with Crippen molar-refractivity contribution in [3.63, 3.8) is 0 Å². The predicted octanol–water partition coefficient (Wildman–Crippen LogP) is 5.43. The lowest BCUT2D eigenvalue weighted by molar-refractivity contribution is -0.181. The van der Waals surface area contributed by atoms with Crippen molar-refractivity contribution in [3.8, 4) is 0 Å². The Hall–Kier alpha value is -3.77. The molecular formula is C30H32ClF3N6O3. The number of rotatable bonds is 7. The van der Waals surface area contributed by atoms with Crippen molar-refractivity contribution in [3.05, 3.63) is 70.3 Å². The smallest absolute Gasteiger partial charge is 0.366 e. The molecule has 1 saturated heterocycles. The fourth-order valence-corrected chi connectivity index (χ4v) is 5.66. The maximum absolute atomic E-state index is 13.8. The van der Waals surface area contributed by atoms with Crippen molar-refractivity contribution in [2.24, 2.45) is 11.7 Å². The van der Waals surface area contributed by atoms with Gasteiger partial charge in [0, 0.05) is 17.1 Å². The highest BCUT2D eigenvalue weighted by Gasteiger charge is 2.47. The van der Waals surface area contributed by atoms with Crippen LogP contribution >= 0.6 is 11.6 Å². The number of ether oxygens (including phenoxy) is 1. The lowest BCUT2D eigenvalue weighted by Gasteiger charge is -2.47. The molecule has 2 amide bonds. The average Bonchev–Trinajstić information content (AvgIpc) is 3.33. The van der Waals surface area contributed by atoms with Gasteiger partial charge in [-0.1, -0.05) is 37.6 Å². The third-order valence-electron chi connectivity index (χ3n) is 7.64. The van der Waals surface area contributed by atoms with Gasteiger partial charge in [-0.3, -0.25) is 14.6 Å². The van der Waals surface area contributed by atoms with Crippen LogP contribution in [-0.2, 0) is 22.5 Å². The summed E-state index contributed by atoms with van der Waals surface area (Å²) in [7, 11) is 0. The Morgan fingerprint density at radius 2 is 1.93 bits per heavy atom. The van der Waals surface area contributed by atoms with Gasteiger partial charge < -0.3 is 15.4 Å². The predicted molar refractivity (Wildman–Crippen MR) is 155 cm³/mol. The van der Waals surface area contributed by atoms with Crippen molar-refractivity contribution in [2.45, 2.75) is 77.5 Å². The zero-order valence-corrected chi connectivity index (χ0v) is 25.1. The number of morpholine rings is 1. The Morgan fingerprint density at radius 3 is 2.53 bits per heavy atom. The minimum atomic E-state index is -4.57. The summed E-state index contributed by atoms with van der Waals surface area (Å²) in [6, 6.07) is 0.962. The molecule has 0 radical (unpaired) electrons. The molecule has 13 heteroatoms. The number of hydrogen-bond donors (Lipinski definition) is 1. The van der Waals surface area contributed by atoms with Crippen LogP contribution in [0.3, 0.4) is 0 Å². The summed E-state index contributed by atoms with van der Waals surface area (Å²) in [6.07, 6.45) is 3.14. The molecule has 4 heterocycles. The molecule has 228 valence electrons. The highest BCUT2D eigenvalue weighted by Crippen LogP contribution is 2.40. The summed E-state index contributed by atoms with van der Waals surface area (Å²) < 4.78 is 48.4. The molecule has 5 rings (SSSR count). The standard InChI is InChI=1S/C30H32ClF3N6O3/c1-15(2)10-21-25(26(35)41)24(20-13-37-40(27(20)38-21)16(3)30(32,33)34)17-6-9-22-23(11-17)43-29(4,5)28(42)39(22)14-19-8-7-18(31)12-36-19/h6-9,11-13,15-16,22-23H,10,14H2,1-5H3,(H2,35,41). The van der Waals surface area contributed by atoms with Gasteiger partial charge in [0.05, 0.1) is 40.8 Å². The molecule has 3 aromatic rings. The SMILES string of the molecule is CC(C)Cc1nc2c(cnn2C(C)C(F)(F)F)c(C2=CC3OC(C)(C)C(=O)N(Cc4ccc(Cl)cn4)C3C=C2)c1C(N)=O. The topological polar surface area (TPSA) is 116 Å². The summed E-state index contributed by atoms with van der Waals surface area (Å²) in [5.74, 6) is -0.975. The number of carbonyl (C=O) groups is 2. The summed E-state index contributed by atoms with van der Waals surface area (Å²) in [5, 5.41) is 4.77. The lowest BCUT2D eigenvalue weighted by Crippen LogP contribution is -2.61. The molecular weight excluding hydrogens is 585 g/mol. The number of nitrogens with two attached hydrogens (primary N) is 1. The second kappa shape index (κ2) is 11.1. The molecule has 3 unspecified atom stereocenters. The molecule has 3 atom stereocenters. The Bertz CT molecular complexity index is 1650. The van der Waals surface area contributed by atoms with E-state index in [-0.39, 0.29) is 40.7 Å². The molecule has 2 N–H and O–H groups in total. The molecule has 0 saturated carbocycles. The van der Waals surface area contributed by atoms with Crippen LogP contribution < -0.4 is 5.73 Å². The fraction of sp³-hybridized carbons (Fsp3) is 0.433. The van der Waals surface area contributed by atoms with Crippen LogP contribution in [0.2, 0.25) is 5.02 Å². The van der Waals surface area contributed by atoms with Crippen molar-refractivity contribution >= 4 is 40.0 Å². The summed E-state index contributed by atoms with van der Waals surface area (Å²) >= 11 is 5.99. The van der Waals surface area contributed by atoms with Crippen LogP contribution in [0.4, 0.5) is 13.2 Å². The Morgan fingerprint density at radius 1 is 1.21 bits per heavy atom. The minimum absolute atomic E-state index is 0.00703. The van der Waals surface area contributed by atoms with Gasteiger partial charge in [0.2, 0.25) is 0 Å². The van der Waals surface area contributed by atoms with Gasteiger partial charge in [0.25, 0.3) is 11.8 Å². The summed E-state index contributed by atoms with van der Waals surface area (Å²) in [6.45, 7) is 8.36. The second-order valence-electron chi connectivity index (χ2n) is 11.8. The number of halogens is 4. The molecule has 43 heavy (non-hydrogen) atoms. The molecule has 3 aromatic heterocycles. The van der Waals surface area contributed by atoms with Gasteiger partial charge in [0.15, 0.2) is 5.65 Å². The van der Waals surface area contributed by atoms with Crippen molar-refractivity contribution in [2.75, 3.05) is 0 Å². The van der Waals surface area contributed by atoms with E-state index >= 15 is 0 Å². The second-order valence-corrected chi connectivity index (χ2v) is 12.2. The van der Waals surface area contributed by atoms with Crippen LogP contribution in [-0.4, -0.2) is 60.4 Å². The van der Waals surface area contributed by atoms with Gasteiger partial charge in [0.1, 0.15) is 17.7 Å². The van der Waals surface area contributed by atoms with Gasteiger partial charge in [-0.2, -0.15) is 18.3 Å². The number of amides is 2. The zero-order chi connectivity index (χ0) is 31.4. The molecule has 1 fully saturated rings. The maximum atomic E-state index is 13.8. The molecule has 0 spiro atoms. The highest BCUT2D eigenvalue weighted by molar-refractivity contribution is 6.30. The van der Waals surface area contributed by atoms with E-state index in [0.29, 0.717) is 28.3 Å². The van der Waals surface area contributed by atoms with E-state index in [0.717, 1.165) is 11.6 Å². The monoisotopic (exact) mass is 616 g/mol. The largest absolute Gasteiger partial charge is 0.410 e. The van der Waals surface area contributed by atoms with Gasteiger partial charge in [-0.25, -0.2) is 9.67 Å². The number of hydrogen-bond acceptors (Lipinski definition) is 6. The first kappa shape index (κ1) is 30.7. The van der Waals surface area contributed by atoms with Crippen molar-refractivity contribution < 1.29 is 27.5 Å². The fourth-order valence-electron chi connectivity index (χ4n) is 5.55. The number of aromatic nitrogens is 4. The number of allylic oxidation sites excluding steroid dienone is 2. The van der Waals surface area contributed by atoms with Crippen LogP contribution in [0.15, 0.2) is 42.8 Å².